The molecule has 0 bridgehead atoms. The van der Waals surface area contributed by atoms with E-state index in [4.69, 9.17) is 4.74 Å². The van der Waals surface area contributed by atoms with Gasteiger partial charge >= 0.3 is 6.18 Å². The Kier molecular flexibility index (Phi) is 3.64. The smallest absolute Gasteiger partial charge is 0.451 e. The van der Waals surface area contributed by atoms with E-state index in [9.17, 15) is 13.2 Å². The molecule has 6 nitrogen and oxygen atoms in total. The highest BCUT2D eigenvalue weighted by Gasteiger charge is 2.35. The van der Waals surface area contributed by atoms with Crippen molar-refractivity contribution >= 4 is 33.7 Å². The number of nitrogens with zero attached hydrogens (tertiary/aromatic N) is 3. The summed E-state index contributed by atoms with van der Waals surface area (Å²) in [4.78, 5) is 14.6. The van der Waals surface area contributed by atoms with E-state index in [1.165, 1.54) is 13.2 Å². The summed E-state index contributed by atoms with van der Waals surface area (Å²) in [7, 11) is 1.43. The first-order valence-corrected chi connectivity index (χ1v) is 7.59. The molecule has 2 heterocycles. The quantitative estimate of drug-likeness (QED) is 0.571. The lowest BCUT2D eigenvalue weighted by Gasteiger charge is -2.11. The van der Waals surface area contributed by atoms with Crippen LogP contribution in [-0.4, -0.2) is 27.0 Å². The third-order valence-corrected chi connectivity index (χ3v) is 3.78. The van der Waals surface area contributed by atoms with Crippen LogP contribution in [0.25, 0.3) is 21.9 Å². The van der Waals surface area contributed by atoms with Gasteiger partial charge < -0.3 is 15.0 Å². The van der Waals surface area contributed by atoms with E-state index in [-0.39, 0.29) is 17.3 Å². The number of imidazole rings is 1. The fraction of sp³-hybridized carbons (Fsp3) is 0.118. The molecule has 0 amide bonds. The van der Waals surface area contributed by atoms with Crippen LogP contribution in [0.5, 0.6) is 5.75 Å². The first kappa shape index (κ1) is 16.1. The van der Waals surface area contributed by atoms with Gasteiger partial charge in [0.25, 0.3) is 0 Å². The molecule has 0 fully saturated rings. The fourth-order valence-corrected chi connectivity index (χ4v) is 2.58. The third kappa shape index (κ3) is 2.87. The molecule has 0 saturated carbocycles. The van der Waals surface area contributed by atoms with E-state index in [1.54, 1.807) is 18.2 Å². The number of methoxy groups -OCH3 is 1. The van der Waals surface area contributed by atoms with Crippen molar-refractivity contribution in [1.29, 1.82) is 0 Å². The molecule has 9 heteroatoms. The summed E-state index contributed by atoms with van der Waals surface area (Å²) in [5.41, 5.74) is 1.56. The molecule has 0 atom stereocenters. The number of aromatic nitrogens is 4. The molecule has 0 aliphatic carbocycles. The maximum absolute atomic E-state index is 13.2. The van der Waals surface area contributed by atoms with Gasteiger partial charge in [-0.2, -0.15) is 13.2 Å². The molecule has 2 aromatic carbocycles. The lowest BCUT2D eigenvalue weighted by atomic mass is 10.2. The van der Waals surface area contributed by atoms with Crippen LogP contribution in [0.1, 0.15) is 5.82 Å². The molecule has 2 N–H and O–H groups in total. The highest BCUT2D eigenvalue weighted by atomic mass is 19.4. The summed E-state index contributed by atoms with van der Waals surface area (Å²) >= 11 is 0. The lowest BCUT2D eigenvalue weighted by molar-refractivity contribution is -0.144. The normalized spacial score (nSPS) is 11.8. The molecule has 0 spiro atoms. The fourth-order valence-electron chi connectivity index (χ4n) is 2.58. The maximum Gasteiger partial charge on any atom is 0.451 e. The van der Waals surface area contributed by atoms with Gasteiger partial charge in [-0.25, -0.2) is 15.0 Å². The van der Waals surface area contributed by atoms with Gasteiger partial charge in [0.2, 0.25) is 11.8 Å². The zero-order valence-electron chi connectivity index (χ0n) is 13.4. The molecular weight excluding hydrogens is 347 g/mol. The number of para-hydroxylation sites is 2. The molecule has 0 unspecified atom stereocenters. The van der Waals surface area contributed by atoms with Crippen molar-refractivity contribution in [3.63, 3.8) is 0 Å². The van der Waals surface area contributed by atoms with E-state index in [2.05, 4.69) is 25.3 Å². The number of nitrogens with one attached hydrogen (secondary N) is 2. The zero-order valence-corrected chi connectivity index (χ0v) is 13.4. The predicted octanol–water partition coefficient (Wildman–Crippen LogP) is 4.28. The van der Waals surface area contributed by atoms with Crippen LogP contribution in [0.2, 0.25) is 0 Å². The number of aromatic amines is 1. The monoisotopic (exact) mass is 359 g/mol. The van der Waals surface area contributed by atoms with Crippen LogP contribution in [0.4, 0.5) is 24.9 Å². The van der Waals surface area contributed by atoms with Gasteiger partial charge in [-0.05, 0) is 24.3 Å². The summed E-state index contributed by atoms with van der Waals surface area (Å²) in [6, 6.07) is 11.9. The van der Waals surface area contributed by atoms with Crippen molar-refractivity contribution in [2.24, 2.45) is 0 Å². The largest absolute Gasteiger partial charge is 0.497 e. The second kappa shape index (κ2) is 5.87. The summed E-state index contributed by atoms with van der Waals surface area (Å²) < 4.78 is 44.6. The van der Waals surface area contributed by atoms with Crippen molar-refractivity contribution < 1.29 is 17.9 Å². The molecule has 0 aliphatic heterocycles. The Morgan fingerprint density at radius 2 is 1.81 bits per heavy atom. The number of benzene rings is 2. The van der Waals surface area contributed by atoms with Crippen molar-refractivity contribution in [3.05, 3.63) is 48.3 Å². The minimum atomic E-state index is -4.68. The van der Waals surface area contributed by atoms with Gasteiger partial charge in [-0.15, -0.1) is 0 Å². The van der Waals surface area contributed by atoms with Crippen LogP contribution >= 0.6 is 0 Å². The molecule has 0 saturated heterocycles. The molecule has 0 aliphatic rings. The Bertz CT molecular complexity index is 1070. The first-order chi connectivity index (χ1) is 12.4. The Morgan fingerprint density at radius 1 is 1.00 bits per heavy atom. The van der Waals surface area contributed by atoms with Crippen LogP contribution < -0.4 is 10.1 Å². The highest BCUT2D eigenvalue weighted by molar-refractivity contribution is 5.91. The standard InChI is InChI=1S/C17H12F3N5O/c1-26-9-6-7-10-13(8-9)21-15(17(18,19)20)24-14(10)25-16-22-11-4-2-3-5-12(11)23-16/h2-8H,1H3,(H2,21,22,23,24,25). The van der Waals surface area contributed by atoms with E-state index in [0.717, 1.165) is 5.52 Å². The first-order valence-electron chi connectivity index (χ1n) is 7.59. The molecular formula is C17H12F3N5O. The van der Waals surface area contributed by atoms with Crippen molar-refractivity contribution in [2.75, 3.05) is 12.4 Å². The number of anilines is 2. The highest BCUT2D eigenvalue weighted by Crippen LogP contribution is 2.32. The van der Waals surface area contributed by atoms with Gasteiger partial charge in [-0.1, -0.05) is 12.1 Å². The summed E-state index contributed by atoms with van der Waals surface area (Å²) in [5, 5.41) is 3.24. The number of fused-ring (bicyclic) bond motifs is 2. The van der Waals surface area contributed by atoms with Gasteiger partial charge in [0, 0.05) is 11.5 Å². The minimum Gasteiger partial charge on any atom is -0.497 e. The zero-order chi connectivity index (χ0) is 18.3. The summed E-state index contributed by atoms with van der Waals surface area (Å²) in [6.45, 7) is 0. The Labute approximate surface area is 145 Å². The van der Waals surface area contributed by atoms with Crippen molar-refractivity contribution in [3.8, 4) is 5.75 Å². The Hall–Kier alpha value is -3.36. The average molecular weight is 359 g/mol. The number of hydrogen-bond donors (Lipinski definition) is 2. The second-order valence-corrected chi connectivity index (χ2v) is 5.50. The van der Waals surface area contributed by atoms with Crippen molar-refractivity contribution in [2.45, 2.75) is 6.18 Å². The van der Waals surface area contributed by atoms with Crippen LogP contribution in [0, 0.1) is 0 Å². The molecule has 132 valence electrons. The lowest BCUT2D eigenvalue weighted by Crippen LogP contribution is -2.13. The number of ether oxygens (including phenoxy) is 1. The minimum absolute atomic E-state index is 0.00374. The summed E-state index contributed by atoms with van der Waals surface area (Å²) in [6.07, 6.45) is -4.68. The number of rotatable bonds is 3. The average Bonchev–Trinajstić information content (AvgIpc) is 3.02. The Balaban J connectivity index is 1.86. The summed E-state index contributed by atoms with van der Waals surface area (Å²) in [5.74, 6) is -0.546. The molecule has 4 aromatic rings. The van der Waals surface area contributed by atoms with Crippen LogP contribution in [0.15, 0.2) is 42.5 Å². The number of H-pyrrole nitrogens is 1. The van der Waals surface area contributed by atoms with E-state index in [1.807, 2.05) is 18.2 Å². The van der Waals surface area contributed by atoms with E-state index < -0.39 is 12.0 Å². The van der Waals surface area contributed by atoms with Gasteiger partial charge in [0.1, 0.15) is 11.6 Å². The van der Waals surface area contributed by atoms with Gasteiger partial charge in [-0.3, -0.25) is 0 Å². The van der Waals surface area contributed by atoms with Gasteiger partial charge in [0.15, 0.2) is 0 Å². The number of hydrogen-bond acceptors (Lipinski definition) is 5. The number of halogens is 3. The number of alkyl halides is 3. The van der Waals surface area contributed by atoms with E-state index >= 15 is 0 Å². The van der Waals surface area contributed by atoms with Crippen LogP contribution in [0.3, 0.4) is 0 Å². The second-order valence-electron chi connectivity index (χ2n) is 5.50. The molecule has 2 aromatic heterocycles. The van der Waals surface area contributed by atoms with Crippen molar-refractivity contribution in [1.82, 2.24) is 19.9 Å². The van der Waals surface area contributed by atoms with E-state index in [0.29, 0.717) is 16.7 Å². The topological polar surface area (TPSA) is 75.7 Å². The third-order valence-electron chi connectivity index (χ3n) is 3.78. The maximum atomic E-state index is 13.2. The Morgan fingerprint density at radius 3 is 2.54 bits per heavy atom. The molecule has 0 radical (unpaired) electrons. The van der Waals surface area contributed by atoms with Crippen LogP contribution in [-0.2, 0) is 6.18 Å². The predicted molar refractivity (Wildman–Crippen MR) is 90.5 cm³/mol. The SMILES string of the molecule is COc1ccc2c(Nc3nc4ccccc4[nH]3)nc(C(F)(F)F)nc2c1. The molecule has 26 heavy (non-hydrogen) atoms. The van der Waals surface area contributed by atoms with Gasteiger partial charge in [0.05, 0.1) is 23.7 Å². The molecule has 4 rings (SSSR count).